The van der Waals surface area contributed by atoms with Crippen molar-refractivity contribution >= 4 is 46.0 Å². The minimum Gasteiger partial charge on any atom is -0.493 e. The lowest BCUT2D eigenvalue weighted by atomic mass is 9.71. The Morgan fingerprint density at radius 1 is 0.947 bits per heavy atom. The fourth-order valence-corrected chi connectivity index (χ4v) is 5.52. The fourth-order valence-electron chi connectivity index (χ4n) is 5.02. The molecule has 0 aliphatic carbocycles. The van der Waals surface area contributed by atoms with Crippen molar-refractivity contribution in [3.05, 3.63) is 99.0 Å². The van der Waals surface area contributed by atoms with E-state index in [-0.39, 0.29) is 0 Å². The molecule has 0 N–H and O–H groups in total. The van der Waals surface area contributed by atoms with Crippen molar-refractivity contribution in [2.24, 2.45) is 4.99 Å². The van der Waals surface area contributed by atoms with Crippen molar-refractivity contribution in [2.45, 2.75) is 51.3 Å². The van der Waals surface area contributed by atoms with Gasteiger partial charge in [-0.2, -0.15) is 0 Å². The van der Waals surface area contributed by atoms with Crippen LogP contribution >= 0.6 is 34.8 Å². The number of hydrogen-bond acceptors (Lipinski definition) is 4. The molecule has 0 unspecified atom stereocenters. The quantitative estimate of drug-likeness (QED) is 0.210. The first-order valence-electron chi connectivity index (χ1n) is 12.3. The van der Waals surface area contributed by atoms with Crippen molar-refractivity contribution in [1.29, 1.82) is 0 Å². The van der Waals surface area contributed by atoms with E-state index in [1.807, 2.05) is 89.2 Å². The SMILES string of the molecule is CCOc1cc(C(C)(C)OC)ccc1C1=N[C@@](C)(c2ccc(Cl)cc2)[C@@](C)(c2ccc(Cl)cc2)N1C(=O)Cl. The maximum atomic E-state index is 13.3. The fraction of sp³-hybridized carbons (Fsp3) is 0.333. The summed E-state index contributed by atoms with van der Waals surface area (Å²) < 4.78 is 11.8. The lowest BCUT2D eigenvalue weighted by Gasteiger charge is -2.44. The van der Waals surface area contributed by atoms with Crippen LogP contribution in [-0.2, 0) is 21.4 Å². The van der Waals surface area contributed by atoms with Gasteiger partial charge in [-0.15, -0.1) is 0 Å². The highest BCUT2D eigenvalue weighted by Crippen LogP contribution is 2.54. The van der Waals surface area contributed by atoms with Crippen molar-refractivity contribution in [1.82, 2.24) is 4.90 Å². The Balaban J connectivity index is 2.02. The number of nitrogens with zero attached hydrogens (tertiary/aromatic N) is 2. The number of hydrogen-bond donors (Lipinski definition) is 0. The number of rotatable bonds is 7. The standard InChI is InChI=1S/C30H31Cl3N2O3/c1-7-38-25-18-21(28(2,3)37-6)12-17-24(25)26-34-29(4,19-8-13-22(31)14-9-19)30(5,35(26)27(33)36)20-10-15-23(32)16-11-20/h8-18H,7H2,1-6H3/t29-,30+/m0/s1. The van der Waals surface area contributed by atoms with E-state index in [9.17, 15) is 4.79 Å². The first kappa shape index (κ1) is 28.4. The molecule has 0 bridgehead atoms. The molecule has 0 saturated heterocycles. The van der Waals surface area contributed by atoms with Crippen LogP contribution in [0.3, 0.4) is 0 Å². The number of halogens is 3. The van der Waals surface area contributed by atoms with Gasteiger partial charge >= 0.3 is 5.37 Å². The number of carbonyl (C=O) groups is 1. The maximum absolute atomic E-state index is 13.3. The number of amidine groups is 1. The Bertz CT molecular complexity index is 1370. The third-order valence-electron chi connectivity index (χ3n) is 7.65. The van der Waals surface area contributed by atoms with E-state index < -0.39 is 22.0 Å². The summed E-state index contributed by atoms with van der Waals surface area (Å²) in [7, 11) is 1.67. The van der Waals surface area contributed by atoms with E-state index in [0.29, 0.717) is 33.8 Å². The predicted molar refractivity (Wildman–Crippen MR) is 155 cm³/mol. The van der Waals surface area contributed by atoms with E-state index in [4.69, 9.17) is 49.3 Å². The Kier molecular flexibility index (Phi) is 7.89. The second kappa shape index (κ2) is 10.5. The van der Waals surface area contributed by atoms with Crippen molar-refractivity contribution in [3.8, 4) is 5.75 Å². The van der Waals surface area contributed by atoms with Crippen molar-refractivity contribution < 1.29 is 14.3 Å². The van der Waals surface area contributed by atoms with Gasteiger partial charge in [0.1, 0.15) is 22.7 Å². The molecule has 0 saturated carbocycles. The van der Waals surface area contributed by atoms with E-state index in [0.717, 1.165) is 16.7 Å². The second-order valence-corrected chi connectivity index (χ2v) is 11.2. The van der Waals surface area contributed by atoms with E-state index in [1.165, 1.54) is 0 Å². The highest BCUT2D eigenvalue weighted by atomic mass is 35.5. The minimum absolute atomic E-state index is 0.408. The van der Waals surface area contributed by atoms with Gasteiger partial charge in [-0.05, 0) is 99.3 Å². The Morgan fingerprint density at radius 2 is 1.50 bits per heavy atom. The molecule has 1 amide bonds. The first-order chi connectivity index (χ1) is 17.9. The summed E-state index contributed by atoms with van der Waals surface area (Å²) in [6.45, 7) is 10.3. The summed E-state index contributed by atoms with van der Waals surface area (Å²) in [5, 5.41) is 0.527. The summed E-state index contributed by atoms with van der Waals surface area (Å²) in [5.74, 6) is 0.987. The minimum atomic E-state index is -1.02. The molecule has 0 aromatic heterocycles. The molecule has 0 radical (unpaired) electrons. The Labute approximate surface area is 239 Å². The van der Waals surface area contributed by atoms with Crippen LogP contribution in [0.1, 0.15) is 56.9 Å². The number of ether oxygens (including phenoxy) is 2. The normalized spacial score (nSPS) is 21.4. The maximum Gasteiger partial charge on any atom is 0.322 e. The van der Waals surface area contributed by atoms with Gasteiger partial charge in [0, 0.05) is 17.2 Å². The molecule has 3 aromatic carbocycles. The smallest absolute Gasteiger partial charge is 0.322 e. The van der Waals surface area contributed by atoms with Gasteiger partial charge in [0.15, 0.2) is 0 Å². The van der Waals surface area contributed by atoms with Crippen LogP contribution in [0, 0.1) is 0 Å². The topological polar surface area (TPSA) is 51.1 Å². The van der Waals surface area contributed by atoms with Gasteiger partial charge in [0.05, 0.1) is 17.8 Å². The molecule has 1 aliphatic heterocycles. The monoisotopic (exact) mass is 572 g/mol. The molecule has 0 spiro atoms. The van der Waals surface area contributed by atoms with Crippen LogP contribution in [0.2, 0.25) is 10.0 Å². The number of carbonyl (C=O) groups excluding carboxylic acids is 1. The molecular weight excluding hydrogens is 543 g/mol. The van der Waals surface area contributed by atoms with Crippen LogP contribution in [0.25, 0.3) is 0 Å². The zero-order valence-corrected chi connectivity index (χ0v) is 24.6. The van der Waals surface area contributed by atoms with Crippen LogP contribution < -0.4 is 4.74 Å². The van der Waals surface area contributed by atoms with Gasteiger partial charge in [-0.3, -0.25) is 14.7 Å². The average molecular weight is 574 g/mol. The molecular formula is C30H31Cl3N2O3. The highest BCUT2D eigenvalue weighted by Gasteiger charge is 2.59. The highest BCUT2D eigenvalue weighted by molar-refractivity contribution is 6.64. The molecule has 4 rings (SSSR count). The third kappa shape index (κ3) is 4.71. The van der Waals surface area contributed by atoms with Gasteiger partial charge in [-0.25, -0.2) is 0 Å². The Morgan fingerprint density at radius 3 is 2.00 bits per heavy atom. The molecule has 2 atom stereocenters. The molecule has 5 nitrogen and oxygen atoms in total. The lowest BCUT2D eigenvalue weighted by molar-refractivity contribution is 0.0190. The van der Waals surface area contributed by atoms with Crippen molar-refractivity contribution in [2.75, 3.05) is 13.7 Å². The molecule has 38 heavy (non-hydrogen) atoms. The van der Waals surface area contributed by atoms with Crippen LogP contribution in [0.4, 0.5) is 4.79 Å². The zero-order chi connectivity index (χ0) is 27.9. The molecule has 3 aromatic rings. The van der Waals surface area contributed by atoms with Crippen LogP contribution in [0.5, 0.6) is 5.75 Å². The summed E-state index contributed by atoms with van der Waals surface area (Å²) in [5.41, 5.74) is 0.756. The summed E-state index contributed by atoms with van der Waals surface area (Å²) in [6.07, 6.45) is 0. The largest absolute Gasteiger partial charge is 0.493 e. The first-order valence-corrected chi connectivity index (χ1v) is 13.5. The van der Waals surface area contributed by atoms with E-state index >= 15 is 0 Å². The predicted octanol–water partition coefficient (Wildman–Crippen LogP) is 8.53. The van der Waals surface area contributed by atoms with Gasteiger partial charge in [0.2, 0.25) is 0 Å². The molecule has 1 heterocycles. The summed E-state index contributed by atoms with van der Waals surface area (Å²) >= 11 is 18.9. The van der Waals surface area contributed by atoms with E-state index in [2.05, 4.69) is 0 Å². The average Bonchev–Trinajstić information content (AvgIpc) is 3.13. The number of benzene rings is 3. The third-order valence-corrected chi connectivity index (χ3v) is 8.33. The number of methoxy groups -OCH3 is 1. The number of aliphatic imine (C=N–C) groups is 1. The van der Waals surface area contributed by atoms with E-state index in [1.54, 1.807) is 24.1 Å². The lowest BCUT2D eigenvalue weighted by Crippen LogP contribution is -2.53. The Hall–Kier alpha value is -2.57. The summed E-state index contributed by atoms with van der Waals surface area (Å²) in [6, 6.07) is 20.7. The van der Waals surface area contributed by atoms with Crippen molar-refractivity contribution in [3.63, 3.8) is 0 Å². The van der Waals surface area contributed by atoms with Gasteiger partial charge in [0.25, 0.3) is 0 Å². The van der Waals surface area contributed by atoms with Crippen LogP contribution in [0.15, 0.2) is 71.7 Å². The molecule has 0 fully saturated rings. The second-order valence-electron chi connectivity index (χ2n) is 10.0. The number of amides is 1. The van der Waals surface area contributed by atoms with Crippen LogP contribution in [-0.4, -0.2) is 29.8 Å². The molecule has 200 valence electrons. The van der Waals surface area contributed by atoms with Gasteiger partial charge in [-0.1, -0.05) is 53.5 Å². The zero-order valence-electron chi connectivity index (χ0n) is 22.3. The van der Waals surface area contributed by atoms with Gasteiger partial charge < -0.3 is 9.47 Å². The summed E-state index contributed by atoms with van der Waals surface area (Å²) in [4.78, 5) is 20.1. The molecule has 1 aliphatic rings. The molecule has 8 heteroatoms.